The highest BCUT2D eigenvalue weighted by atomic mass is 15.1. The second kappa shape index (κ2) is 23.7. The van der Waals surface area contributed by atoms with Gasteiger partial charge in [-0.3, -0.25) is 0 Å². The summed E-state index contributed by atoms with van der Waals surface area (Å²) < 4.78 is 0. The molecule has 0 spiro atoms. The van der Waals surface area contributed by atoms with Crippen LogP contribution in [0.1, 0.15) is 157 Å². The van der Waals surface area contributed by atoms with Gasteiger partial charge in [-0.1, -0.05) is 231 Å². The molecule has 0 heterocycles. The zero-order chi connectivity index (χ0) is 50.7. The van der Waals surface area contributed by atoms with Gasteiger partial charge < -0.3 is 9.80 Å². The average Bonchev–Trinajstić information content (AvgIpc) is 4.07. The third-order valence-corrected chi connectivity index (χ3v) is 17.2. The third kappa shape index (κ3) is 10.8. The van der Waals surface area contributed by atoms with Crippen molar-refractivity contribution in [2.75, 3.05) is 16.8 Å². The van der Waals surface area contributed by atoms with E-state index in [4.69, 9.17) is 0 Å². The first-order valence-electron chi connectivity index (χ1n) is 28.7. The van der Waals surface area contributed by atoms with E-state index in [9.17, 15) is 0 Å². The van der Waals surface area contributed by atoms with Crippen molar-refractivity contribution in [1.29, 1.82) is 0 Å². The Balaban J connectivity index is 0.988. The lowest BCUT2D eigenvalue weighted by Crippen LogP contribution is -2.25. The van der Waals surface area contributed by atoms with Crippen molar-refractivity contribution in [1.82, 2.24) is 0 Å². The van der Waals surface area contributed by atoms with Gasteiger partial charge in [0.25, 0.3) is 0 Å². The van der Waals surface area contributed by atoms with E-state index < -0.39 is 0 Å². The Labute approximate surface area is 445 Å². The molecular formula is C72H80N2. The molecule has 0 aliphatic heterocycles. The number of para-hydroxylation sites is 2. The largest absolute Gasteiger partial charge is 0.345 e. The maximum Gasteiger partial charge on any atom is 0.0462 e. The van der Waals surface area contributed by atoms with Gasteiger partial charge in [0.15, 0.2) is 0 Å². The number of nitrogens with zero attached hydrogens (tertiary/aromatic N) is 2. The zero-order valence-electron chi connectivity index (χ0n) is 45.1. The van der Waals surface area contributed by atoms with E-state index in [1.807, 2.05) is 0 Å². The van der Waals surface area contributed by atoms with Crippen LogP contribution in [0.5, 0.6) is 0 Å². The number of hydrogen-bond donors (Lipinski definition) is 0. The van der Waals surface area contributed by atoms with Gasteiger partial charge in [-0.05, 0) is 161 Å². The molecule has 74 heavy (non-hydrogen) atoms. The van der Waals surface area contributed by atoms with E-state index >= 15 is 0 Å². The van der Waals surface area contributed by atoms with Gasteiger partial charge >= 0.3 is 0 Å². The highest BCUT2D eigenvalue weighted by Gasteiger charge is 2.43. The predicted molar refractivity (Wildman–Crippen MR) is 319 cm³/mol. The minimum atomic E-state index is -0.0353. The van der Waals surface area contributed by atoms with Crippen molar-refractivity contribution in [3.63, 3.8) is 0 Å². The smallest absolute Gasteiger partial charge is 0.0462 e. The third-order valence-electron chi connectivity index (χ3n) is 17.2. The standard InChI is InChI=1S/C72H80N2/c1-5-7-9-11-13-21-51-72(52-22-14-12-10-8-6-2)69-53-58(56-31-41-63(42-32-56)73(4)62-25-17-15-18-26-62)35-47-67(69)68-48-36-59(54-70(68)72)57-33-43-65(44-34-57)74(64-27-19-16-20-28-64)66-45-39-61(40-46-66)71(49-23-24-50-71)60-37-29-55(3)30-38-60/h15-20,25-48,53-54H,5-14,21-24,49-52H2,1-4H3. The molecule has 2 heteroatoms. The summed E-state index contributed by atoms with van der Waals surface area (Å²) in [6.45, 7) is 6.85. The number of rotatable bonds is 23. The topological polar surface area (TPSA) is 6.48 Å². The monoisotopic (exact) mass is 973 g/mol. The Kier molecular flexibility index (Phi) is 16.3. The number of hydrogen-bond acceptors (Lipinski definition) is 2. The molecular weight excluding hydrogens is 893 g/mol. The molecule has 0 amide bonds. The van der Waals surface area contributed by atoms with E-state index in [1.165, 1.54) is 194 Å². The molecule has 1 fully saturated rings. The molecule has 10 rings (SSSR count). The van der Waals surface area contributed by atoms with Crippen LogP contribution in [-0.4, -0.2) is 7.05 Å². The molecule has 8 aromatic carbocycles. The minimum Gasteiger partial charge on any atom is -0.345 e. The van der Waals surface area contributed by atoms with E-state index in [1.54, 1.807) is 11.1 Å². The Morgan fingerprint density at radius 2 is 0.757 bits per heavy atom. The first-order chi connectivity index (χ1) is 36.4. The van der Waals surface area contributed by atoms with Gasteiger partial charge in [0.1, 0.15) is 0 Å². The molecule has 0 N–H and O–H groups in total. The normalized spacial score (nSPS) is 14.2. The zero-order valence-corrected chi connectivity index (χ0v) is 45.1. The Morgan fingerprint density at radius 1 is 0.378 bits per heavy atom. The van der Waals surface area contributed by atoms with Crippen molar-refractivity contribution in [3.8, 4) is 33.4 Å². The van der Waals surface area contributed by atoms with Crippen LogP contribution in [0.4, 0.5) is 28.4 Å². The fourth-order valence-electron chi connectivity index (χ4n) is 13.0. The van der Waals surface area contributed by atoms with Gasteiger partial charge in [0, 0.05) is 46.3 Å². The second-order valence-corrected chi connectivity index (χ2v) is 22.0. The predicted octanol–water partition coefficient (Wildman–Crippen LogP) is 21.2. The molecule has 2 aliphatic rings. The molecule has 0 unspecified atom stereocenters. The lowest BCUT2D eigenvalue weighted by molar-refractivity contribution is 0.398. The number of fused-ring (bicyclic) bond motifs is 3. The number of aryl methyl sites for hydroxylation is 1. The van der Waals surface area contributed by atoms with Crippen molar-refractivity contribution >= 4 is 28.4 Å². The summed E-state index contributed by atoms with van der Waals surface area (Å²) in [7, 11) is 2.16. The van der Waals surface area contributed by atoms with Crippen molar-refractivity contribution in [2.24, 2.45) is 0 Å². The molecule has 0 saturated heterocycles. The van der Waals surface area contributed by atoms with E-state index in [2.05, 4.69) is 232 Å². The Hall–Kier alpha value is -6.64. The molecule has 2 aliphatic carbocycles. The summed E-state index contributed by atoms with van der Waals surface area (Å²) in [5.74, 6) is 0. The van der Waals surface area contributed by atoms with Crippen LogP contribution in [0.2, 0.25) is 0 Å². The SMILES string of the molecule is CCCCCCCCC1(CCCCCCCC)c2cc(-c3ccc(N(C)c4ccccc4)cc3)ccc2-c2ccc(-c3ccc(N(c4ccccc4)c4ccc(C5(c6ccc(C)cc6)CCCC5)cc4)cc3)cc21. The number of anilines is 5. The summed E-state index contributed by atoms with van der Waals surface area (Å²) in [4.78, 5) is 4.70. The van der Waals surface area contributed by atoms with Crippen LogP contribution in [-0.2, 0) is 10.8 Å². The second-order valence-electron chi connectivity index (χ2n) is 22.0. The molecule has 378 valence electrons. The molecule has 0 atom stereocenters. The molecule has 2 nitrogen and oxygen atoms in total. The number of unbranched alkanes of at least 4 members (excludes halogenated alkanes) is 10. The first kappa shape index (κ1) is 50.9. The summed E-state index contributed by atoms with van der Waals surface area (Å²) in [5.41, 5.74) is 21.3. The lowest BCUT2D eigenvalue weighted by atomic mass is 9.70. The molecule has 8 aromatic rings. The van der Waals surface area contributed by atoms with Gasteiger partial charge in [0.2, 0.25) is 0 Å². The Bertz CT molecular complexity index is 3000. The maximum atomic E-state index is 2.62. The van der Waals surface area contributed by atoms with Crippen molar-refractivity contribution in [3.05, 3.63) is 222 Å². The summed E-state index contributed by atoms with van der Waals surface area (Å²) >= 11 is 0. The van der Waals surface area contributed by atoms with E-state index in [0.29, 0.717) is 0 Å². The summed E-state index contributed by atoms with van der Waals surface area (Å²) in [6, 6.07) is 74.1. The van der Waals surface area contributed by atoms with Crippen LogP contribution >= 0.6 is 0 Å². The highest BCUT2D eigenvalue weighted by Crippen LogP contribution is 2.56. The van der Waals surface area contributed by atoms with Gasteiger partial charge in [-0.25, -0.2) is 0 Å². The minimum absolute atomic E-state index is 0.0353. The molecule has 0 aromatic heterocycles. The molecule has 1 saturated carbocycles. The first-order valence-corrected chi connectivity index (χ1v) is 28.7. The molecule has 0 bridgehead atoms. The van der Waals surface area contributed by atoms with Gasteiger partial charge in [-0.15, -0.1) is 0 Å². The summed E-state index contributed by atoms with van der Waals surface area (Å²) in [5, 5.41) is 0. The van der Waals surface area contributed by atoms with Crippen molar-refractivity contribution < 1.29 is 0 Å². The number of benzene rings is 8. The summed E-state index contributed by atoms with van der Waals surface area (Å²) in [6.07, 6.45) is 23.0. The van der Waals surface area contributed by atoms with E-state index in [-0.39, 0.29) is 10.8 Å². The molecule has 0 radical (unpaired) electrons. The Morgan fingerprint density at radius 3 is 1.24 bits per heavy atom. The van der Waals surface area contributed by atoms with Gasteiger partial charge in [-0.2, -0.15) is 0 Å². The maximum absolute atomic E-state index is 2.62. The quantitative estimate of drug-likeness (QED) is 0.0590. The highest BCUT2D eigenvalue weighted by molar-refractivity contribution is 5.87. The van der Waals surface area contributed by atoms with Gasteiger partial charge in [0.05, 0.1) is 0 Å². The van der Waals surface area contributed by atoms with Crippen LogP contribution in [0.15, 0.2) is 194 Å². The fraction of sp³-hybridized carbons (Fsp3) is 0.333. The van der Waals surface area contributed by atoms with Crippen LogP contribution in [0, 0.1) is 6.92 Å². The average molecular weight is 973 g/mol. The fourth-order valence-corrected chi connectivity index (χ4v) is 13.0. The van der Waals surface area contributed by atoms with Crippen LogP contribution in [0.25, 0.3) is 33.4 Å². The van der Waals surface area contributed by atoms with Crippen LogP contribution in [0.3, 0.4) is 0 Å². The lowest BCUT2D eigenvalue weighted by Gasteiger charge is -2.33. The van der Waals surface area contributed by atoms with Crippen LogP contribution < -0.4 is 9.80 Å². The van der Waals surface area contributed by atoms with E-state index in [0.717, 1.165) is 0 Å². The van der Waals surface area contributed by atoms with Crippen molar-refractivity contribution in [2.45, 2.75) is 147 Å².